The molecule has 0 unspecified atom stereocenters. The molecular formula is C8H16N2O3. The molecule has 4 N–H and O–H groups in total. The molecule has 0 bridgehead atoms. The quantitative estimate of drug-likeness (QED) is 0.383. The maximum Gasteiger partial charge on any atom is 0.330 e. The van der Waals surface area contributed by atoms with E-state index in [0.717, 1.165) is 12.8 Å². The van der Waals surface area contributed by atoms with E-state index in [4.69, 9.17) is 4.79 Å². The zero-order chi connectivity index (χ0) is 10.7. The Morgan fingerprint density at radius 3 is 2.23 bits per heavy atom. The molecule has 5 nitrogen and oxygen atoms in total. The number of amides is 2. The van der Waals surface area contributed by atoms with Crippen LogP contribution in [0.1, 0.15) is 19.8 Å². The summed E-state index contributed by atoms with van der Waals surface area (Å²) in [6, 6.07) is -0.833. The summed E-state index contributed by atoms with van der Waals surface area (Å²) in [5, 5.41) is 0. The SMILES string of the molecule is C=CC(=O)OCCCC.NC(N)=O. The molecule has 0 saturated carbocycles. The largest absolute Gasteiger partial charge is 0.463 e. The zero-order valence-electron chi connectivity index (χ0n) is 7.79. The maximum atomic E-state index is 10.3. The van der Waals surface area contributed by atoms with Gasteiger partial charge < -0.3 is 16.2 Å². The van der Waals surface area contributed by atoms with E-state index in [9.17, 15) is 4.79 Å². The minimum atomic E-state index is -0.833. The van der Waals surface area contributed by atoms with E-state index >= 15 is 0 Å². The van der Waals surface area contributed by atoms with Crippen LogP contribution in [0.4, 0.5) is 4.79 Å². The minimum Gasteiger partial charge on any atom is -0.463 e. The molecule has 13 heavy (non-hydrogen) atoms. The van der Waals surface area contributed by atoms with Crippen LogP contribution in [0, 0.1) is 0 Å². The van der Waals surface area contributed by atoms with Gasteiger partial charge in [-0.1, -0.05) is 19.9 Å². The highest BCUT2D eigenvalue weighted by Gasteiger charge is 1.91. The molecule has 2 amide bonds. The molecule has 0 rings (SSSR count). The number of unbranched alkanes of at least 4 members (excludes halogenated alkanes) is 1. The zero-order valence-corrected chi connectivity index (χ0v) is 7.79. The lowest BCUT2D eigenvalue weighted by molar-refractivity contribution is -0.137. The van der Waals surface area contributed by atoms with E-state index in [1.807, 2.05) is 6.92 Å². The number of esters is 1. The standard InChI is InChI=1S/C7H12O2.CH4N2O/c1-3-5-6-9-7(8)4-2;2-1(3)4/h4H,2-3,5-6H2,1H3;(H4,2,3,4). The van der Waals surface area contributed by atoms with Crippen molar-refractivity contribution in [1.82, 2.24) is 0 Å². The van der Waals surface area contributed by atoms with Gasteiger partial charge in [0.25, 0.3) is 0 Å². The van der Waals surface area contributed by atoms with E-state index in [1.54, 1.807) is 0 Å². The Morgan fingerprint density at radius 2 is 1.92 bits per heavy atom. The summed E-state index contributed by atoms with van der Waals surface area (Å²) in [7, 11) is 0. The molecule has 0 aromatic rings. The van der Waals surface area contributed by atoms with E-state index in [1.165, 1.54) is 6.08 Å². The number of carbonyl (C=O) groups is 2. The van der Waals surface area contributed by atoms with E-state index in [-0.39, 0.29) is 5.97 Å². The first kappa shape index (κ1) is 14.0. The first-order chi connectivity index (χ1) is 6.04. The van der Waals surface area contributed by atoms with Crippen molar-refractivity contribution in [3.63, 3.8) is 0 Å². The lowest BCUT2D eigenvalue weighted by Crippen LogP contribution is -2.18. The summed E-state index contributed by atoms with van der Waals surface area (Å²) in [5.74, 6) is -0.330. The van der Waals surface area contributed by atoms with Gasteiger partial charge in [-0.05, 0) is 6.42 Å². The number of primary amides is 2. The summed E-state index contributed by atoms with van der Waals surface area (Å²) in [4.78, 5) is 19.3. The fourth-order valence-electron chi connectivity index (χ4n) is 0.376. The molecule has 0 atom stereocenters. The van der Waals surface area contributed by atoms with Gasteiger partial charge in [-0.25, -0.2) is 9.59 Å². The molecule has 0 aromatic carbocycles. The van der Waals surface area contributed by atoms with Crippen molar-refractivity contribution in [2.45, 2.75) is 19.8 Å². The highest BCUT2D eigenvalue weighted by Crippen LogP contribution is 1.88. The van der Waals surface area contributed by atoms with Gasteiger partial charge in [-0.15, -0.1) is 0 Å². The maximum absolute atomic E-state index is 10.3. The van der Waals surface area contributed by atoms with Crippen LogP contribution in [-0.4, -0.2) is 18.6 Å². The molecule has 0 fully saturated rings. The van der Waals surface area contributed by atoms with Crippen molar-refractivity contribution in [2.75, 3.05) is 6.61 Å². The Balaban J connectivity index is 0. The molecular weight excluding hydrogens is 172 g/mol. The summed E-state index contributed by atoms with van der Waals surface area (Å²) >= 11 is 0. The van der Waals surface area contributed by atoms with E-state index in [0.29, 0.717) is 6.61 Å². The predicted molar refractivity (Wildman–Crippen MR) is 49.8 cm³/mol. The number of rotatable bonds is 4. The highest BCUT2D eigenvalue weighted by molar-refractivity contribution is 5.81. The number of urea groups is 1. The second-order valence-corrected chi connectivity index (χ2v) is 2.13. The molecule has 5 heteroatoms. The lowest BCUT2D eigenvalue weighted by Gasteiger charge is -1.97. The van der Waals surface area contributed by atoms with Crippen LogP contribution in [0.25, 0.3) is 0 Å². The van der Waals surface area contributed by atoms with Gasteiger partial charge in [0.2, 0.25) is 0 Å². The van der Waals surface area contributed by atoms with Crippen LogP contribution in [0.2, 0.25) is 0 Å². The van der Waals surface area contributed by atoms with Gasteiger partial charge in [-0.3, -0.25) is 0 Å². The molecule has 76 valence electrons. The third-order valence-corrected chi connectivity index (χ3v) is 0.909. The molecule has 0 aliphatic rings. The van der Waals surface area contributed by atoms with Crippen molar-refractivity contribution in [3.8, 4) is 0 Å². The third-order valence-electron chi connectivity index (χ3n) is 0.909. The van der Waals surface area contributed by atoms with Crippen LogP contribution in [0.15, 0.2) is 12.7 Å². The second-order valence-electron chi connectivity index (χ2n) is 2.13. The molecule has 0 spiro atoms. The minimum absolute atomic E-state index is 0.330. The molecule has 0 aliphatic carbocycles. The monoisotopic (exact) mass is 188 g/mol. The van der Waals surface area contributed by atoms with E-state index < -0.39 is 6.03 Å². The summed E-state index contributed by atoms with van der Waals surface area (Å²) < 4.78 is 4.67. The molecule has 0 radical (unpaired) electrons. The van der Waals surface area contributed by atoms with Gasteiger partial charge >= 0.3 is 12.0 Å². The van der Waals surface area contributed by atoms with Gasteiger partial charge in [0.1, 0.15) is 0 Å². The summed E-state index contributed by atoms with van der Waals surface area (Å²) in [5.41, 5.74) is 8.50. The van der Waals surface area contributed by atoms with Gasteiger partial charge in [0.05, 0.1) is 6.61 Å². The topological polar surface area (TPSA) is 95.4 Å². The molecule has 0 saturated heterocycles. The summed E-state index contributed by atoms with van der Waals surface area (Å²) in [6.07, 6.45) is 3.15. The number of hydrogen-bond donors (Lipinski definition) is 2. The Morgan fingerprint density at radius 1 is 1.46 bits per heavy atom. The molecule has 0 heterocycles. The van der Waals surface area contributed by atoms with Crippen LogP contribution >= 0.6 is 0 Å². The van der Waals surface area contributed by atoms with Crippen LogP contribution in [-0.2, 0) is 9.53 Å². The number of hydrogen-bond acceptors (Lipinski definition) is 3. The van der Waals surface area contributed by atoms with Gasteiger partial charge in [0, 0.05) is 6.08 Å². The van der Waals surface area contributed by atoms with Gasteiger partial charge in [-0.2, -0.15) is 0 Å². The van der Waals surface area contributed by atoms with Crippen molar-refractivity contribution in [2.24, 2.45) is 11.5 Å². The Labute approximate surface area is 77.7 Å². The van der Waals surface area contributed by atoms with Crippen molar-refractivity contribution in [3.05, 3.63) is 12.7 Å². The number of ether oxygens (including phenoxy) is 1. The molecule has 0 aliphatic heterocycles. The smallest absolute Gasteiger partial charge is 0.330 e. The first-order valence-corrected chi connectivity index (χ1v) is 3.88. The average molecular weight is 188 g/mol. The van der Waals surface area contributed by atoms with Gasteiger partial charge in [0.15, 0.2) is 0 Å². The average Bonchev–Trinajstić information content (AvgIpc) is 2.03. The Bertz CT molecular complexity index is 165. The van der Waals surface area contributed by atoms with Crippen LogP contribution in [0.3, 0.4) is 0 Å². The van der Waals surface area contributed by atoms with Crippen LogP contribution in [0.5, 0.6) is 0 Å². The summed E-state index contributed by atoms with van der Waals surface area (Å²) in [6.45, 7) is 5.82. The molecule has 0 aromatic heterocycles. The highest BCUT2D eigenvalue weighted by atomic mass is 16.5. The van der Waals surface area contributed by atoms with Crippen molar-refractivity contribution < 1.29 is 14.3 Å². The van der Waals surface area contributed by atoms with E-state index in [2.05, 4.69) is 22.8 Å². The predicted octanol–water partition coefficient (Wildman–Crippen LogP) is 0.539. The first-order valence-electron chi connectivity index (χ1n) is 3.88. The van der Waals surface area contributed by atoms with Crippen molar-refractivity contribution >= 4 is 12.0 Å². The third kappa shape index (κ3) is 25.1. The fraction of sp³-hybridized carbons (Fsp3) is 0.500. The van der Waals surface area contributed by atoms with Crippen LogP contribution < -0.4 is 11.5 Å². The fourth-order valence-corrected chi connectivity index (χ4v) is 0.376. The van der Waals surface area contributed by atoms with Crippen molar-refractivity contribution in [1.29, 1.82) is 0 Å². The Hall–Kier alpha value is -1.52. The number of nitrogens with two attached hydrogens (primary N) is 2. The Kier molecular flexibility index (Phi) is 11.3. The number of carbonyl (C=O) groups excluding carboxylic acids is 2. The second kappa shape index (κ2) is 10.5. The normalized spacial score (nSPS) is 7.77. The lowest BCUT2D eigenvalue weighted by atomic mass is 10.4.